The van der Waals surface area contributed by atoms with Crippen LogP contribution in [-0.4, -0.2) is 47.1 Å². The van der Waals surface area contributed by atoms with Gasteiger partial charge in [-0.2, -0.15) is 13.2 Å². The molecule has 1 aromatic heterocycles. The highest BCUT2D eigenvalue weighted by atomic mass is 35.5. The number of rotatable bonds is 6. The molecule has 3 aromatic rings. The quantitative estimate of drug-likeness (QED) is 0.383. The normalized spacial score (nSPS) is 14.8. The number of halogens is 4. The summed E-state index contributed by atoms with van der Waals surface area (Å²) in [6.07, 6.45) is -2.38. The van der Waals surface area contributed by atoms with Crippen LogP contribution in [0, 0.1) is 0 Å². The third kappa shape index (κ3) is 6.98. The zero-order chi connectivity index (χ0) is 25.7. The van der Waals surface area contributed by atoms with Crippen LogP contribution in [0.2, 0.25) is 5.15 Å². The Balaban J connectivity index is 1.38. The van der Waals surface area contributed by atoms with Gasteiger partial charge in [0.15, 0.2) is 0 Å². The number of carbonyl (C=O) groups is 1. The van der Waals surface area contributed by atoms with E-state index in [0.29, 0.717) is 24.3 Å². The second kappa shape index (κ2) is 11.0. The van der Waals surface area contributed by atoms with Crippen molar-refractivity contribution in [1.82, 2.24) is 14.9 Å². The molecule has 2 aromatic carbocycles. The van der Waals surface area contributed by atoms with E-state index in [4.69, 9.17) is 21.1 Å². The lowest BCUT2D eigenvalue weighted by atomic mass is 10.1. The molecule has 36 heavy (non-hydrogen) atoms. The molecule has 8 nitrogen and oxygen atoms in total. The van der Waals surface area contributed by atoms with Gasteiger partial charge in [0.25, 0.3) is 0 Å². The second-order valence-corrected chi connectivity index (χ2v) is 8.60. The lowest BCUT2D eigenvalue weighted by molar-refractivity contribution is -0.139. The molecule has 1 fully saturated rings. The Labute approximate surface area is 210 Å². The molecule has 190 valence electrons. The second-order valence-electron chi connectivity index (χ2n) is 8.21. The molecule has 0 unspecified atom stereocenters. The largest absolute Gasteiger partial charge is 0.490 e. The van der Waals surface area contributed by atoms with Crippen molar-refractivity contribution in [1.29, 1.82) is 0 Å². The number of urea groups is 1. The number of hydrogen-bond acceptors (Lipinski definition) is 6. The minimum Gasteiger partial charge on any atom is -0.490 e. The van der Waals surface area contributed by atoms with Gasteiger partial charge in [0.1, 0.15) is 29.1 Å². The zero-order valence-corrected chi connectivity index (χ0v) is 19.9. The highest BCUT2D eigenvalue weighted by molar-refractivity contribution is 6.29. The van der Waals surface area contributed by atoms with Crippen molar-refractivity contribution in [3.8, 4) is 17.4 Å². The van der Waals surface area contributed by atoms with Crippen LogP contribution in [0.1, 0.15) is 18.4 Å². The maximum Gasteiger partial charge on any atom is 0.420 e. The average molecular weight is 522 g/mol. The molecular weight excluding hydrogens is 499 g/mol. The molecule has 4 rings (SSSR count). The maximum atomic E-state index is 13.7. The third-order valence-corrected chi connectivity index (χ3v) is 5.65. The number of likely N-dealkylation sites (tertiary alicyclic amines) is 1. The Morgan fingerprint density at radius 1 is 1.03 bits per heavy atom. The number of ether oxygens (including phenoxy) is 2. The fourth-order valence-corrected chi connectivity index (χ4v) is 3.74. The van der Waals surface area contributed by atoms with Gasteiger partial charge < -0.3 is 25.0 Å². The predicted octanol–water partition coefficient (Wildman–Crippen LogP) is 6.06. The minimum atomic E-state index is -4.64. The van der Waals surface area contributed by atoms with E-state index in [2.05, 4.69) is 25.5 Å². The molecule has 12 heteroatoms. The van der Waals surface area contributed by atoms with Gasteiger partial charge in [-0.15, -0.1) is 0 Å². The van der Waals surface area contributed by atoms with Crippen molar-refractivity contribution < 1.29 is 27.4 Å². The molecule has 2 amide bonds. The Bertz CT molecular complexity index is 1200. The monoisotopic (exact) mass is 521 g/mol. The maximum absolute atomic E-state index is 13.7. The van der Waals surface area contributed by atoms with Gasteiger partial charge in [0.05, 0.1) is 5.56 Å². The van der Waals surface area contributed by atoms with Crippen LogP contribution in [0.15, 0.2) is 54.9 Å². The number of aromatic nitrogens is 2. The first kappa shape index (κ1) is 25.5. The molecule has 0 radical (unpaired) electrons. The van der Waals surface area contributed by atoms with Crippen LogP contribution >= 0.6 is 11.6 Å². The number of nitrogens with zero attached hydrogens (tertiary/aromatic N) is 3. The van der Waals surface area contributed by atoms with Crippen molar-refractivity contribution in [3.63, 3.8) is 0 Å². The summed E-state index contributed by atoms with van der Waals surface area (Å²) in [5.74, 6) is 0.437. The number of piperidine rings is 1. The summed E-state index contributed by atoms with van der Waals surface area (Å²) in [4.78, 5) is 22.2. The molecule has 0 aliphatic carbocycles. The molecule has 2 N–H and O–H groups in total. The Morgan fingerprint density at radius 3 is 2.36 bits per heavy atom. The van der Waals surface area contributed by atoms with E-state index in [0.717, 1.165) is 19.2 Å². The predicted molar refractivity (Wildman–Crippen MR) is 129 cm³/mol. The molecule has 1 saturated heterocycles. The molecular formula is C24H23ClF3N5O3. The molecule has 1 aliphatic heterocycles. The summed E-state index contributed by atoms with van der Waals surface area (Å²) >= 11 is 5.80. The summed E-state index contributed by atoms with van der Waals surface area (Å²) in [5.41, 5.74) is -0.555. The molecule has 1 aliphatic rings. The third-order valence-electron chi connectivity index (χ3n) is 5.45. The molecule has 0 atom stereocenters. The van der Waals surface area contributed by atoms with E-state index in [1.807, 2.05) is 7.05 Å². The number of nitrogens with one attached hydrogen (secondary N) is 2. The number of carbonyl (C=O) groups excluding carboxylic acids is 1. The first-order valence-corrected chi connectivity index (χ1v) is 11.4. The van der Waals surface area contributed by atoms with Crippen LogP contribution in [0.3, 0.4) is 0 Å². The Kier molecular flexibility index (Phi) is 7.80. The summed E-state index contributed by atoms with van der Waals surface area (Å²) in [5, 5.41) is 5.22. The molecule has 0 saturated carbocycles. The van der Waals surface area contributed by atoms with E-state index in [9.17, 15) is 18.0 Å². The lowest BCUT2D eigenvalue weighted by Crippen LogP contribution is -2.36. The van der Waals surface area contributed by atoms with Crippen molar-refractivity contribution in [3.05, 3.63) is 65.6 Å². The highest BCUT2D eigenvalue weighted by Crippen LogP contribution is 2.39. The average Bonchev–Trinajstić information content (AvgIpc) is 2.82. The summed E-state index contributed by atoms with van der Waals surface area (Å²) in [6.45, 7) is 1.52. The van der Waals surface area contributed by atoms with Gasteiger partial charge >= 0.3 is 12.2 Å². The Morgan fingerprint density at radius 2 is 1.69 bits per heavy atom. The van der Waals surface area contributed by atoms with Crippen LogP contribution in [0.5, 0.6) is 17.4 Å². The van der Waals surface area contributed by atoms with Gasteiger partial charge in [0, 0.05) is 30.5 Å². The number of hydrogen-bond donors (Lipinski definition) is 2. The lowest BCUT2D eigenvalue weighted by Gasteiger charge is -2.30. The van der Waals surface area contributed by atoms with Crippen LogP contribution in [0.25, 0.3) is 0 Å². The van der Waals surface area contributed by atoms with Gasteiger partial charge in [-0.1, -0.05) is 11.6 Å². The number of anilines is 2. The summed E-state index contributed by atoms with van der Waals surface area (Å²) in [7, 11) is 1.96. The summed E-state index contributed by atoms with van der Waals surface area (Å²) < 4.78 is 52.3. The standard InChI is InChI=1S/C24H23ClF3N5O3/c1-33-10-8-18(9-11-33)35-20-7-4-16(12-19(20)24(26,27)28)32-23(34)31-15-2-5-17(6-3-15)36-22-13-21(25)29-14-30-22/h2-7,12-14,18H,8-11H2,1H3,(H2,31,32,34). The number of alkyl halides is 3. The first-order chi connectivity index (χ1) is 17.2. The van der Waals surface area contributed by atoms with Crippen molar-refractivity contribution in [2.24, 2.45) is 0 Å². The van der Waals surface area contributed by atoms with E-state index in [1.165, 1.54) is 24.5 Å². The van der Waals surface area contributed by atoms with E-state index < -0.39 is 17.8 Å². The van der Waals surface area contributed by atoms with E-state index in [1.54, 1.807) is 24.3 Å². The summed E-state index contributed by atoms with van der Waals surface area (Å²) in [6, 6.07) is 10.5. The topological polar surface area (TPSA) is 88.6 Å². The van der Waals surface area contributed by atoms with Crippen molar-refractivity contribution >= 4 is 29.0 Å². The van der Waals surface area contributed by atoms with Crippen molar-refractivity contribution in [2.45, 2.75) is 25.1 Å². The Hall–Kier alpha value is -3.57. The number of benzene rings is 2. The first-order valence-electron chi connectivity index (χ1n) is 11.1. The smallest absolute Gasteiger partial charge is 0.420 e. The SMILES string of the molecule is CN1CCC(Oc2ccc(NC(=O)Nc3ccc(Oc4cc(Cl)ncn4)cc3)cc2C(F)(F)F)CC1. The van der Waals surface area contributed by atoms with E-state index in [-0.39, 0.29) is 28.6 Å². The molecule has 0 bridgehead atoms. The van der Waals surface area contributed by atoms with Crippen LogP contribution in [0.4, 0.5) is 29.3 Å². The van der Waals surface area contributed by atoms with Gasteiger partial charge in [0.2, 0.25) is 5.88 Å². The van der Waals surface area contributed by atoms with Crippen molar-refractivity contribution in [2.75, 3.05) is 30.8 Å². The minimum absolute atomic E-state index is 0.0175. The van der Waals surface area contributed by atoms with Crippen LogP contribution in [-0.2, 0) is 6.18 Å². The van der Waals surface area contributed by atoms with Crippen LogP contribution < -0.4 is 20.1 Å². The number of amides is 2. The fourth-order valence-electron chi connectivity index (χ4n) is 3.61. The molecule has 0 spiro atoms. The van der Waals surface area contributed by atoms with Gasteiger partial charge in [-0.05, 0) is 62.4 Å². The zero-order valence-electron chi connectivity index (χ0n) is 19.2. The van der Waals surface area contributed by atoms with Gasteiger partial charge in [-0.25, -0.2) is 14.8 Å². The van der Waals surface area contributed by atoms with E-state index >= 15 is 0 Å². The van der Waals surface area contributed by atoms with Gasteiger partial charge in [-0.3, -0.25) is 0 Å². The highest BCUT2D eigenvalue weighted by Gasteiger charge is 2.35. The fraction of sp³-hybridized carbons (Fsp3) is 0.292. The molecule has 2 heterocycles.